The molecule has 7 heteroatoms. The number of ether oxygens (including phenoxy) is 1. The maximum absolute atomic E-state index is 15.0. The lowest BCUT2D eigenvalue weighted by molar-refractivity contribution is -0.121. The fourth-order valence-corrected chi connectivity index (χ4v) is 4.04. The molecule has 0 fully saturated rings. The van der Waals surface area contributed by atoms with Crippen LogP contribution in [0.5, 0.6) is 5.75 Å². The molecule has 0 bridgehead atoms. The Bertz CT molecular complexity index is 1190. The molecule has 1 aliphatic carbocycles. The maximum atomic E-state index is 15.0. The number of Topliss-reactive ketones (excluding diaryl/α,β-unsaturated/α-hetero) is 1. The summed E-state index contributed by atoms with van der Waals surface area (Å²) in [5.41, 5.74) is 1.42. The number of methoxy groups -OCH3 is 1. The van der Waals surface area contributed by atoms with Gasteiger partial charge in [-0.25, -0.2) is 4.39 Å². The molecular formula is C23H16FN3O3. The molecule has 1 heterocycles. The van der Waals surface area contributed by atoms with E-state index in [2.05, 4.69) is 0 Å². The third kappa shape index (κ3) is 3.01. The van der Waals surface area contributed by atoms with Crippen LogP contribution in [0, 0.1) is 40.3 Å². The van der Waals surface area contributed by atoms with Crippen LogP contribution in [0.25, 0.3) is 11.1 Å². The highest BCUT2D eigenvalue weighted by Crippen LogP contribution is 2.41. The lowest BCUT2D eigenvalue weighted by Gasteiger charge is -2.28. The Kier molecular flexibility index (Phi) is 4.81. The summed E-state index contributed by atoms with van der Waals surface area (Å²) in [7, 11) is 1.54. The van der Waals surface area contributed by atoms with Crippen LogP contribution in [-0.2, 0) is 9.59 Å². The smallest absolute Gasteiger partial charge is 0.256 e. The standard InChI is InChI=1S/C23H16FN3O3/c1-30-17-4-2-3-13(8-17)14-5-6-19(18(24)9-14)27-12-20(28)21-15(10-25)7-16(11-26)22(21)23(27)29/h2-6,8-9,15-16H,7,12H2,1H3. The van der Waals surface area contributed by atoms with E-state index < -0.39 is 29.3 Å². The summed E-state index contributed by atoms with van der Waals surface area (Å²) in [6.07, 6.45) is 0.111. The van der Waals surface area contributed by atoms with Crippen molar-refractivity contribution in [3.63, 3.8) is 0 Å². The van der Waals surface area contributed by atoms with Crippen LogP contribution in [-0.4, -0.2) is 25.3 Å². The lowest BCUT2D eigenvalue weighted by atomic mass is 9.93. The third-order valence-corrected chi connectivity index (χ3v) is 5.49. The Labute approximate surface area is 172 Å². The monoisotopic (exact) mass is 401 g/mol. The first-order valence-corrected chi connectivity index (χ1v) is 9.30. The second kappa shape index (κ2) is 7.46. The molecule has 0 saturated heterocycles. The van der Waals surface area contributed by atoms with Crippen LogP contribution >= 0.6 is 0 Å². The summed E-state index contributed by atoms with van der Waals surface area (Å²) < 4.78 is 20.2. The molecule has 2 aliphatic rings. The quantitative estimate of drug-likeness (QED) is 0.786. The minimum atomic E-state index is -0.844. The molecule has 4 rings (SSSR count). The molecule has 2 unspecified atom stereocenters. The molecule has 148 valence electrons. The van der Waals surface area contributed by atoms with Gasteiger partial charge in [-0.15, -0.1) is 0 Å². The summed E-state index contributed by atoms with van der Waals surface area (Å²) in [6, 6.07) is 15.5. The van der Waals surface area contributed by atoms with E-state index >= 15 is 0 Å². The second-order valence-electron chi connectivity index (χ2n) is 7.14. The fraction of sp³-hybridized carbons (Fsp3) is 0.217. The van der Waals surface area contributed by atoms with Gasteiger partial charge in [0.1, 0.15) is 11.6 Å². The Morgan fingerprint density at radius 1 is 1.03 bits per heavy atom. The first kappa shape index (κ1) is 19.4. The van der Waals surface area contributed by atoms with Gasteiger partial charge in [-0.2, -0.15) is 10.5 Å². The summed E-state index contributed by atoms with van der Waals surface area (Å²) >= 11 is 0. The first-order chi connectivity index (χ1) is 14.5. The maximum Gasteiger partial charge on any atom is 0.256 e. The summed E-state index contributed by atoms with van der Waals surface area (Å²) in [4.78, 5) is 26.8. The van der Waals surface area contributed by atoms with E-state index in [9.17, 15) is 24.5 Å². The molecule has 1 aliphatic heterocycles. The van der Waals surface area contributed by atoms with Crippen LogP contribution in [0.4, 0.5) is 10.1 Å². The molecule has 0 aromatic heterocycles. The minimum absolute atomic E-state index is 0.0246. The number of hydrogen-bond donors (Lipinski definition) is 0. The highest BCUT2D eigenvalue weighted by molar-refractivity contribution is 6.20. The molecule has 0 radical (unpaired) electrons. The Hall–Kier alpha value is -3.97. The van der Waals surface area contributed by atoms with Crippen molar-refractivity contribution in [2.45, 2.75) is 6.42 Å². The Morgan fingerprint density at radius 2 is 1.73 bits per heavy atom. The first-order valence-electron chi connectivity index (χ1n) is 9.30. The zero-order valence-electron chi connectivity index (χ0n) is 16.1. The molecule has 1 amide bonds. The fourth-order valence-electron chi connectivity index (χ4n) is 4.04. The van der Waals surface area contributed by atoms with Crippen molar-refractivity contribution in [3.8, 4) is 29.0 Å². The van der Waals surface area contributed by atoms with Crippen molar-refractivity contribution >= 4 is 17.4 Å². The van der Waals surface area contributed by atoms with Gasteiger partial charge in [-0.05, 0) is 41.8 Å². The van der Waals surface area contributed by atoms with Gasteiger partial charge < -0.3 is 4.74 Å². The van der Waals surface area contributed by atoms with Crippen molar-refractivity contribution in [3.05, 3.63) is 59.4 Å². The zero-order valence-corrected chi connectivity index (χ0v) is 16.1. The van der Waals surface area contributed by atoms with Gasteiger partial charge in [0.15, 0.2) is 5.78 Å². The van der Waals surface area contributed by atoms with Crippen LogP contribution in [0.15, 0.2) is 53.6 Å². The molecule has 2 aromatic rings. The molecular weight excluding hydrogens is 385 g/mol. The summed E-state index contributed by atoms with van der Waals surface area (Å²) in [5.74, 6) is -2.67. The summed E-state index contributed by atoms with van der Waals surface area (Å²) in [6.45, 7) is -0.358. The molecule has 2 aromatic carbocycles. The van der Waals surface area contributed by atoms with E-state index in [1.54, 1.807) is 31.4 Å². The molecule has 6 nitrogen and oxygen atoms in total. The van der Waals surface area contributed by atoms with E-state index in [0.29, 0.717) is 11.3 Å². The van der Waals surface area contributed by atoms with Gasteiger partial charge in [0, 0.05) is 11.1 Å². The topological polar surface area (TPSA) is 94.2 Å². The number of carbonyl (C=O) groups excluding carboxylic acids is 2. The van der Waals surface area contributed by atoms with E-state index in [1.807, 2.05) is 18.2 Å². The molecule has 2 atom stereocenters. The average molecular weight is 401 g/mol. The van der Waals surface area contributed by atoms with Gasteiger partial charge >= 0.3 is 0 Å². The SMILES string of the molecule is COc1cccc(-c2ccc(N3CC(=O)C4=C(C3=O)C(C#N)CC4C#N)c(F)c2)c1. The van der Waals surface area contributed by atoms with Gasteiger partial charge in [-0.3, -0.25) is 14.5 Å². The van der Waals surface area contributed by atoms with Crippen LogP contribution in [0.3, 0.4) is 0 Å². The van der Waals surface area contributed by atoms with Crippen LogP contribution in [0.1, 0.15) is 6.42 Å². The number of nitriles is 2. The van der Waals surface area contributed by atoms with E-state index in [0.717, 1.165) is 10.5 Å². The minimum Gasteiger partial charge on any atom is -0.497 e. The number of benzene rings is 2. The van der Waals surface area contributed by atoms with Crippen molar-refractivity contribution in [2.75, 3.05) is 18.6 Å². The van der Waals surface area contributed by atoms with Crippen molar-refractivity contribution < 1.29 is 18.7 Å². The van der Waals surface area contributed by atoms with Gasteiger partial charge in [0.05, 0.1) is 43.3 Å². The normalized spacial score (nSPS) is 20.6. The van der Waals surface area contributed by atoms with Gasteiger partial charge in [0.2, 0.25) is 0 Å². The number of nitrogens with zero attached hydrogens (tertiary/aromatic N) is 3. The van der Waals surface area contributed by atoms with E-state index in [1.165, 1.54) is 12.1 Å². The number of rotatable bonds is 3. The molecule has 0 saturated carbocycles. The highest BCUT2D eigenvalue weighted by atomic mass is 19.1. The lowest BCUT2D eigenvalue weighted by Crippen LogP contribution is -2.43. The van der Waals surface area contributed by atoms with Crippen LogP contribution in [0.2, 0.25) is 0 Å². The number of hydrogen-bond acceptors (Lipinski definition) is 5. The molecule has 0 N–H and O–H groups in total. The highest BCUT2D eigenvalue weighted by Gasteiger charge is 2.46. The van der Waals surface area contributed by atoms with Gasteiger partial charge in [-0.1, -0.05) is 18.2 Å². The average Bonchev–Trinajstić information content (AvgIpc) is 3.16. The van der Waals surface area contributed by atoms with E-state index in [-0.39, 0.29) is 29.8 Å². The Balaban J connectivity index is 1.72. The summed E-state index contributed by atoms with van der Waals surface area (Å²) in [5, 5.41) is 18.7. The molecule has 0 spiro atoms. The zero-order chi connectivity index (χ0) is 21.4. The number of ketones is 1. The number of amides is 1. The van der Waals surface area contributed by atoms with Gasteiger partial charge in [0.25, 0.3) is 5.91 Å². The Morgan fingerprint density at radius 3 is 2.40 bits per heavy atom. The van der Waals surface area contributed by atoms with E-state index in [4.69, 9.17) is 4.74 Å². The van der Waals surface area contributed by atoms with Crippen molar-refractivity contribution in [1.82, 2.24) is 0 Å². The largest absolute Gasteiger partial charge is 0.497 e. The second-order valence-corrected chi connectivity index (χ2v) is 7.14. The predicted octanol–water partition coefficient (Wildman–Crippen LogP) is 3.40. The number of carbonyl (C=O) groups is 2. The third-order valence-electron chi connectivity index (χ3n) is 5.49. The van der Waals surface area contributed by atoms with Crippen molar-refractivity contribution in [1.29, 1.82) is 10.5 Å². The number of halogens is 1. The van der Waals surface area contributed by atoms with Crippen molar-refractivity contribution in [2.24, 2.45) is 11.8 Å². The van der Waals surface area contributed by atoms with Crippen LogP contribution < -0.4 is 9.64 Å². The molecule has 30 heavy (non-hydrogen) atoms. The predicted molar refractivity (Wildman–Crippen MR) is 106 cm³/mol. The number of anilines is 1.